The summed E-state index contributed by atoms with van der Waals surface area (Å²) < 4.78 is 0.879. The molecular weight excluding hydrogens is 340 g/mol. The number of anilines is 1. The summed E-state index contributed by atoms with van der Waals surface area (Å²) in [5.74, 6) is 11.0. The number of hydrogen-bond acceptors (Lipinski definition) is 3. The van der Waals surface area contributed by atoms with Gasteiger partial charge in [-0.2, -0.15) is 0 Å². The largest absolute Gasteiger partial charge is 0.352 e. The fraction of sp³-hybridized carbons (Fsp3) is 0.222. The van der Waals surface area contributed by atoms with Crippen LogP contribution in [0.2, 0.25) is 0 Å². The van der Waals surface area contributed by atoms with Gasteiger partial charge < -0.3 is 0 Å². The summed E-state index contributed by atoms with van der Waals surface area (Å²) in [5.41, 5.74) is 1.49. The van der Waals surface area contributed by atoms with Crippen LogP contribution in [0.5, 0.6) is 0 Å². The molecule has 0 saturated carbocycles. The first-order chi connectivity index (χ1) is 7.49. The molecule has 1 rings (SSSR count). The van der Waals surface area contributed by atoms with Gasteiger partial charge in [0, 0.05) is 22.4 Å². The molecule has 2 amide bonds. The Morgan fingerprint density at radius 2 is 2.06 bits per heavy atom. The van der Waals surface area contributed by atoms with E-state index in [1.54, 1.807) is 12.1 Å². The van der Waals surface area contributed by atoms with E-state index in [1.807, 2.05) is 6.07 Å². The molecule has 0 aromatic heterocycles. The first-order valence-corrected chi connectivity index (χ1v) is 6.31. The number of hydrogen-bond donors (Lipinski definition) is 2. The number of halogens is 2. The molecule has 0 bridgehead atoms. The van der Waals surface area contributed by atoms with Gasteiger partial charge in [0.25, 0.3) is 0 Å². The van der Waals surface area contributed by atoms with Crippen LogP contribution in [0, 0.1) is 0 Å². The number of urea groups is 1. The number of nitrogens with two attached hydrogens (primary N) is 2. The average Bonchev–Trinajstić information content (AvgIpc) is 2.26. The number of amides is 2. The van der Waals surface area contributed by atoms with Crippen LogP contribution in [0.3, 0.4) is 0 Å². The molecule has 1 aromatic carbocycles. The van der Waals surface area contributed by atoms with Crippen LogP contribution >= 0.6 is 31.9 Å². The highest BCUT2D eigenvalue weighted by atomic mass is 79.9. The van der Waals surface area contributed by atoms with E-state index in [0.717, 1.165) is 20.1 Å². The monoisotopic (exact) mass is 350 g/mol. The van der Waals surface area contributed by atoms with Crippen molar-refractivity contribution in [3.05, 3.63) is 28.2 Å². The highest BCUT2D eigenvalue weighted by Crippen LogP contribution is 2.28. The first kappa shape index (κ1) is 13.4. The normalized spacial score (nSPS) is 10.1. The average molecular weight is 352 g/mol. The molecule has 0 radical (unpaired) electrons. The molecule has 0 aliphatic heterocycles. The third kappa shape index (κ3) is 2.73. The highest BCUT2D eigenvalue weighted by molar-refractivity contribution is 9.10. The topological polar surface area (TPSA) is 75.6 Å². The van der Waals surface area contributed by atoms with E-state index in [-0.39, 0.29) is 0 Å². The predicted molar refractivity (Wildman–Crippen MR) is 70.8 cm³/mol. The van der Waals surface area contributed by atoms with Crippen LogP contribution < -0.4 is 16.7 Å². The maximum Gasteiger partial charge on any atom is 0.352 e. The quantitative estimate of drug-likeness (QED) is 0.370. The lowest BCUT2D eigenvalue weighted by Gasteiger charge is -2.23. The summed E-state index contributed by atoms with van der Waals surface area (Å²) in [6, 6.07) is 4.95. The molecule has 0 unspecified atom stereocenters. The fourth-order valence-electron chi connectivity index (χ4n) is 1.18. The van der Waals surface area contributed by atoms with Gasteiger partial charge in [-0.25, -0.2) is 21.5 Å². The zero-order valence-electron chi connectivity index (χ0n) is 8.65. The molecule has 4 N–H and O–H groups in total. The van der Waals surface area contributed by atoms with Crippen molar-refractivity contribution in [2.75, 3.05) is 12.1 Å². The summed E-state index contributed by atoms with van der Waals surface area (Å²) >= 11 is 6.74. The van der Waals surface area contributed by atoms with E-state index in [9.17, 15) is 4.79 Å². The molecule has 0 heterocycles. The second kappa shape index (κ2) is 5.62. The van der Waals surface area contributed by atoms with Crippen molar-refractivity contribution >= 4 is 43.6 Å². The minimum absolute atomic E-state index is 0.486. The molecule has 0 fully saturated rings. The third-order valence-electron chi connectivity index (χ3n) is 2.00. The molecule has 0 spiro atoms. The Kier molecular flexibility index (Phi) is 4.72. The van der Waals surface area contributed by atoms with E-state index in [0.29, 0.717) is 11.0 Å². The van der Waals surface area contributed by atoms with E-state index < -0.39 is 6.03 Å². The molecule has 88 valence electrons. The highest BCUT2D eigenvalue weighted by Gasteiger charge is 2.18. The standard InChI is InChI=1S/C9H12Br2N4O/c1-14(12)9(16)15(13)8-4-2-3-7(11)6(8)5-10/h2-4H,5,12-13H2,1H3. The van der Waals surface area contributed by atoms with E-state index in [2.05, 4.69) is 31.9 Å². The Labute approximate surface area is 111 Å². The van der Waals surface area contributed by atoms with E-state index in [4.69, 9.17) is 11.7 Å². The third-order valence-corrected chi connectivity index (χ3v) is 3.30. The molecule has 0 aliphatic carbocycles. The van der Waals surface area contributed by atoms with Crippen LogP contribution in [0.15, 0.2) is 22.7 Å². The van der Waals surface area contributed by atoms with Crippen LogP contribution in [-0.2, 0) is 5.33 Å². The van der Waals surface area contributed by atoms with Gasteiger partial charge in [-0.1, -0.05) is 37.9 Å². The molecule has 0 saturated heterocycles. The summed E-state index contributed by atoms with van der Waals surface area (Å²) in [7, 11) is 1.44. The van der Waals surface area contributed by atoms with Crippen LogP contribution in [0.25, 0.3) is 0 Å². The van der Waals surface area contributed by atoms with Crippen LogP contribution in [-0.4, -0.2) is 18.1 Å². The second-order valence-electron chi connectivity index (χ2n) is 3.13. The lowest BCUT2D eigenvalue weighted by Crippen LogP contribution is -2.48. The minimum atomic E-state index is -0.486. The number of rotatable bonds is 2. The van der Waals surface area contributed by atoms with Gasteiger partial charge in [0.1, 0.15) is 0 Å². The van der Waals surface area contributed by atoms with Gasteiger partial charge in [0.2, 0.25) is 0 Å². The maximum absolute atomic E-state index is 11.6. The first-order valence-electron chi connectivity index (χ1n) is 4.39. The van der Waals surface area contributed by atoms with E-state index in [1.165, 1.54) is 7.05 Å². The Bertz CT molecular complexity index is 397. The lowest BCUT2D eigenvalue weighted by molar-refractivity contribution is 0.216. The Morgan fingerprint density at radius 3 is 2.56 bits per heavy atom. The molecule has 16 heavy (non-hydrogen) atoms. The van der Waals surface area contributed by atoms with Gasteiger partial charge in [-0.3, -0.25) is 5.01 Å². The van der Waals surface area contributed by atoms with Crippen LogP contribution in [0.1, 0.15) is 5.56 Å². The number of carbonyl (C=O) groups is 1. The van der Waals surface area contributed by atoms with Crippen molar-refractivity contribution in [2.24, 2.45) is 11.7 Å². The number of hydrazine groups is 2. The zero-order valence-corrected chi connectivity index (χ0v) is 11.8. The maximum atomic E-state index is 11.6. The van der Waals surface area contributed by atoms with Gasteiger partial charge in [-0.05, 0) is 12.1 Å². The van der Waals surface area contributed by atoms with Crippen LogP contribution in [0.4, 0.5) is 10.5 Å². The number of carbonyl (C=O) groups excluding carboxylic acids is 1. The molecular formula is C9H12Br2N4O. The zero-order chi connectivity index (χ0) is 12.3. The Balaban J connectivity index is 3.13. The number of alkyl halides is 1. The Morgan fingerprint density at radius 1 is 1.44 bits per heavy atom. The SMILES string of the molecule is CN(N)C(=O)N(N)c1cccc(Br)c1CBr. The van der Waals surface area contributed by atoms with Crippen molar-refractivity contribution < 1.29 is 4.79 Å². The minimum Gasteiger partial charge on any atom is -0.264 e. The van der Waals surface area contributed by atoms with Crippen molar-refractivity contribution in [1.29, 1.82) is 0 Å². The van der Waals surface area contributed by atoms with Crippen molar-refractivity contribution in [3.63, 3.8) is 0 Å². The van der Waals surface area contributed by atoms with E-state index >= 15 is 0 Å². The predicted octanol–water partition coefficient (Wildman–Crippen LogP) is 1.95. The summed E-state index contributed by atoms with van der Waals surface area (Å²) in [5, 5.41) is 2.53. The van der Waals surface area contributed by atoms with Gasteiger partial charge in [0.05, 0.1) is 5.69 Å². The molecule has 0 aliphatic rings. The van der Waals surface area contributed by atoms with Gasteiger partial charge in [0.15, 0.2) is 0 Å². The molecule has 7 heteroatoms. The smallest absolute Gasteiger partial charge is 0.264 e. The van der Waals surface area contributed by atoms with Crippen molar-refractivity contribution in [3.8, 4) is 0 Å². The van der Waals surface area contributed by atoms with Gasteiger partial charge in [-0.15, -0.1) is 0 Å². The Hall–Kier alpha value is -0.630. The molecule has 1 aromatic rings. The summed E-state index contributed by atoms with van der Waals surface area (Å²) in [4.78, 5) is 11.6. The molecule has 5 nitrogen and oxygen atoms in total. The second-order valence-corrected chi connectivity index (χ2v) is 4.55. The molecule has 0 atom stereocenters. The number of nitrogens with zero attached hydrogens (tertiary/aromatic N) is 2. The fourth-order valence-corrected chi connectivity index (χ4v) is 2.64. The van der Waals surface area contributed by atoms with Crippen molar-refractivity contribution in [1.82, 2.24) is 5.01 Å². The summed E-state index contributed by atoms with van der Waals surface area (Å²) in [6.45, 7) is 0. The number of benzene rings is 1. The van der Waals surface area contributed by atoms with Crippen molar-refractivity contribution in [2.45, 2.75) is 5.33 Å². The lowest BCUT2D eigenvalue weighted by atomic mass is 10.2. The summed E-state index contributed by atoms with van der Waals surface area (Å²) in [6.07, 6.45) is 0. The van der Waals surface area contributed by atoms with Gasteiger partial charge >= 0.3 is 6.03 Å².